The van der Waals surface area contributed by atoms with Gasteiger partial charge in [-0.15, -0.1) is 0 Å². The summed E-state index contributed by atoms with van der Waals surface area (Å²) in [5.41, 5.74) is 1.97. The van der Waals surface area contributed by atoms with E-state index in [1.165, 1.54) is 32.3 Å². The molecule has 0 saturated heterocycles. The highest BCUT2D eigenvalue weighted by molar-refractivity contribution is 6.23. The number of hydrogen-bond acceptors (Lipinski definition) is 6. The van der Waals surface area contributed by atoms with Crippen LogP contribution in [0.1, 0.15) is 12.5 Å². The monoisotopic (exact) mass is 395 g/mol. The van der Waals surface area contributed by atoms with Crippen LogP contribution in [0.3, 0.4) is 0 Å². The summed E-state index contributed by atoms with van der Waals surface area (Å²) in [7, 11) is 4.24. The van der Waals surface area contributed by atoms with Crippen molar-refractivity contribution in [2.45, 2.75) is 6.92 Å². The molecule has 1 heterocycles. The van der Waals surface area contributed by atoms with Crippen molar-refractivity contribution in [1.82, 2.24) is 0 Å². The van der Waals surface area contributed by atoms with Crippen molar-refractivity contribution in [3.8, 4) is 17.2 Å². The third-order valence-corrected chi connectivity index (χ3v) is 4.62. The number of benzene rings is 2. The normalized spacial score (nSPS) is 15.1. The summed E-state index contributed by atoms with van der Waals surface area (Å²) in [6.07, 6.45) is 1.57. The van der Waals surface area contributed by atoms with E-state index in [9.17, 15) is 14.7 Å². The van der Waals surface area contributed by atoms with Gasteiger partial charge in [-0.25, -0.2) is 4.79 Å². The SMILES string of the molecule is COC(=O)C1=C(C)N(c2cccc(OC)c2)C(=O)C1=Cc1ccc(O)c(OC)c1. The lowest BCUT2D eigenvalue weighted by Gasteiger charge is -2.18. The molecule has 0 aliphatic carbocycles. The van der Waals surface area contributed by atoms with Gasteiger partial charge in [0.25, 0.3) is 5.91 Å². The number of hydrogen-bond donors (Lipinski definition) is 1. The van der Waals surface area contributed by atoms with E-state index < -0.39 is 5.97 Å². The first kappa shape index (κ1) is 20.0. The first-order valence-corrected chi connectivity index (χ1v) is 8.78. The highest BCUT2D eigenvalue weighted by Crippen LogP contribution is 2.37. The molecule has 0 radical (unpaired) electrons. The summed E-state index contributed by atoms with van der Waals surface area (Å²) in [6.45, 7) is 1.68. The molecular weight excluding hydrogens is 374 g/mol. The Kier molecular flexibility index (Phi) is 5.59. The van der Waals surface area contributed by atoms with Crippen molar-refractivity contribution < 1.29 is 28.9 Å². The number of ether oxygens (including phenoxy) is 3. The molecule has 1 amide bonds. The minimum atomic E-state index is -0.613. The summed E-state index contributed by atoms with van der Waals surface area (Å²) >= 11 is 0. The van der Waals surface area contributed by atoms with Crippen LogP contribution >= 0.6 is 0 Å². The number of anilines is 1. The number of aromatic hydroxyl groups is 1. The Morgan fingerprint density at radius 2 is 1.83 bits per heavy atom. The molecule has 1 N–H and O–H groups in total. The van der Waals surface area contributed by atoms with E-state index in [0.717, 1.165) is 0 Å². The lowest BCUT2D eigenvalue weighted by atomic mass is 10.0. The maximum atomic E-state index is 13.3. The zero-order chi connectivity index (χ0) is 21.1. The van der Waals surface area contributed by atoms with E-state index in [0.29, 0.717) is 22.7 Å². The lowest BCUT2D eigenvalue weighted by molar-refractivity contribution is -0.136. The minimum absolute atomic E-state index is 0.0229. The number of phenols is 1. The molecule has 0 unspecified atom stereocenters. The molecule has 0 bridgehead atoms. The number of phenolic OH excluding ortho intramolecular Hbond substituents is 1. The maximum Gasteiger partial charge on any atom is 0.340 e. The van der Waals surface area contributed by atoms with Crippen LogP contribution in [0, 0.1) is 0 Å². The van der Waals surface area contributed by atoms with Crippen molar-refractivity contribution in [2.24, 2.45) is 0 Å². The predicted molar refractivity (Wildman–Crippen MR) is 108 cm³/mol. The van der Waals surface area contributed by atoms with Gasteiger partial charge in [-0.05, 0) is 42.8 Å². The molecule has 7 heteroatoms. The lowest BCUT2D eigenvalue weighted by Crippen LogP contribution is -2.24. The standard InChI is InChI=1S/C22H21NO6/c1-13-20(22(26)29-4)17(10-14-8-9-18(24)19(11-14)28-3)21(25)23(13)15-6-5-7-16(12-15)27-2/h5-12,24H,1-4H3. The van der Waals surface area contributed by atoms with Crippen LogP contribution in [-0.4, -0.2) is 38.3 Å². The second-order valence-corrected chi connectivity index (χ2v) is 6.28. The zero-order valence-electron chi connectivity index (χ0n) is 16.6. The zero-order valence-corrected chi connectivity index (χ0v) is 16.6. The molecule has 2 aromatic rings. The molecule has 0 spiro atoms. The molecule has 2 aromatic carbocycles. The van der Waals surface area contributed by atoms with E-state index in [-0.39, 0.29) is 28.6 Å². The molecule has 150 valence electrons. The Morgan fingerprint density at radius 3 is 2.48 bits per heavy atom. The molecule has 1 aliphatic rings. The molecule has 1 aliphatic heterocycles. The van der Waals surface area contributed by atoms with Crippen LogP contribution in [0.2, 0.25) is 0 Å². The van der Waals surface area contributed by atoms with Gasteiger partial charge in [-0.2, -0.15) is 0 Å². The first-order chi connectivity index (χ1) is 13.9. The van der Waals surface area contributed by atoms with Crippen LogP contribution in [-0.2, 0) is 14.3 Å². The fraction of sp³-hybridized carbons (Fsp3) is 0.182. The number of methoxy groups -OCH3 is 3. The largest absolute Gasteiger partial charge is 0.504 e. The summed E-state index contributed by atoms with van der Waals surface area (Å²) in [4.78, 5) is 27.2. The van der Waals surface area contributed by atoms with Crippen molar-refractivity contribution in [1.29, 1.82) is 0 Å². The van der Waals surface area contributed by atoms with Crippen molar-refractivity contribution in [3.05, 3.63) is 64.9 Å². The van der Waals surface area contributed by atoms with Crippen LogP contribution < -0.4 is 14.4 Å². The number of allylic oxidation sites excluding steroid dienone is 1. The fourth-order valence-corrected chi connectivity index (χ4v) is 3.19. The number of carbonyl (C=O) groups excluding carboxylic acids is 2. The smallest absolute Gasteiger partial charge is 0.340 e. The number of rotatable bonds is 5. The van der Waals surface area contributed by atoms with E-state index >= 15 is 0 Å². The van der Waals surface area contributed by atoms with Crippen molar-refractivity contribution in [3.63, 3.8) is 0 Å². The number of esters is 1. The summed E-state index contributed by atoms with van der Waals surface area (Å²) in [5.74, 6) is -0.162. The van der Waals surface area contributed by atoms with Gasteiger partial charge in [0.15, 0.2) is 11.5 Å². The molecule has 7 nitrogen and oxygen atoms in total. The van der Waals surface area contributed by atoms with Crippen LogP contribution in [0.15, 0.2) is 59.3 Å². The Bertz CT molecular complexity index is 1040. The van der Waals surface area contributed by atoms with Gasteiger partial charge in [0.2, 0.25) is 0 Å². The molecule has 0 saturated carbocycles. The highest BCUT2D eigenvalue weighted by atomic mass is 16.5. The average Bonchev–Trinajstić information content (AvgIpc) is 2.98. The topological polar surface area (TPSA) is 85.3 Å². The van der Waals surface area contributed by atoms with Gasteiger partial charge in [-0.3, -0.25) is 9.69 Å². The molecule has 3 rings (SSSR count). The second kappa shape index (κ2) is 8.10. The molecular formula is C22H21NO6. The van der Waals surface area contributed by atoms with Gasteiger partial charge in [0.1, 0.15) is 5.75 Å². The average molecular weight is 395 g/mol. The Balaban J connectivity index is 2.14. The van der Waals surface area contributed by atoms with Crippen molar-refractivity contribution in [2.75, 3.05) is 26.2 Å². The summed E-state index contributed by atoms with van der Waals surface area (Å²) < 4.78 is 15.3. The predicted octanol–water partition coefficient (Wildman–Crippen LogP) is 3.29. The van der Waals surface area contributed by atoms with E-state index in [2.05, 4.69) is 0 Å². The molecule has 0 atom stereocenters. The second-order valence-electron chi connectivity index (χ2n) is 6.28. The van der Waals surface area contributed by atoms with E-state index in [1.54, 1.807) is 49.4 Å². The van der Waals surface area contributed by atoms with Crippen LogP contribution in [0.4, 0.5) is 5.69 Å². The molecule has 0 aromatic heterocycles. The van der Waals surface area contributed by atoms with E-state index in [1.807, 2.05) is 0 Å². The number of amides is 1. The Hall–Kier alpha value is -3.74. The van der Waals surface area contributed by atoms with Crippen LogP contribution in [0.25, 0.3) is 6.08 Å². The van der Waals surface area contributed by atoms with Gasteiger partial charge < -0.3 is 19.3 Å². The van der Waals surface area contributed by atoms with Crippen LogP contribution in [0.5, 0.6) is 17.2 Å². The molecule has 0 fully saturated rings. The van der Waals surface area contributed by atoms with E-state index in [4.69, 9.17) is 14.2 Å². The maximum absolute atomic E-state index is 13.3. The van der Waals surface area contributed by atoms with Gasteiger partial charge >= 0.3 is 5.97 Å². The number of carbonyl (C=O) groups is 2. The molecule has 29 heavy (non-hydrogen) atoms. The Morgan fingerprint density at radius 1 is 1.07 bits per heavy atom. The summed E-state index contributed by atoms with van der Waals surface area (Å²) in [6, 6.07) is 11.7. The third kappa shape index (κ3) is 3.67. The van der Waals surface area contributed by atoms with Gasteiger partial charge in [0, 0.05) is 11.8 Å². The highest BCUT2D eigenvalue weighted by Gasteiger charge is 2.38. The Labute approximate surface area is 168 Å². The van der Waals surface area contributed by atoms with Crippen molar-refractivity contribution >= 4 is 23.6 Å². The van der Waals surface area contributed by atoms with Gasteiger partial charge in [0.05, 0.1) is 38.2 Å². The quantitative estimate of drug-likeness (QED) is 0.618. The minimum Gasteiger partial charge on any atom is -0.504 e. The van der Waals surface area contributed by atoms with Gasteiger partial charge in [-0.1, -0.05) is 12.1 Å². The fourth-order valence-electron chi connectivity index (χ4n) is 3.19. The summed E-state index contributed by atoms with van der Waals surface area (Å²) in [5, 5.41) is 9.79. The first-order valence-electron chi connectivity index (χ1n) is 8.78. The third-order valence-electron chi connectivity index (χ3n) is 4.62. The number of nitrogens with zero attached hydrogens (tertiary/aromatic N) is 1.